The predicted octanol–water partition coefficient (Wildman–Crippen LogP) is 4.41. The van der Waals surface area contributed by atoms with E-state index < -0.39 is 10.0 Å². The highest BCUT2D eigenvalue weighted by atomic mass is 79.9. The normalized spacial score (nSPS) is 11.7. The maximum atomic E-state index is 12.1. The lowest BCUT2D eigenvalue weighted by atomic mass is 10.4. The van der Waals surface area contributed by atoms with E-state index in [1.165, 1.54) is 23.5 Å². The highest BCUT2D eigenvalue weighted by molar-refractivity contribution is 9.11. The van der Waals surface area contributed by atoms with Crippen LogP contribution in [0.3, 0.4) is 0 Å². The summed E-state index contributed by atoms with van der Waals surface area (Å²) in [6.45, 7) is 0.263. The second-order valence-electron chi connectivity index (χ2n) is 3.61. The van der Waals surface area contributed by atoms with Crippen molar-refractivity contribution >= 4 is 64.8 Å². The van der Waals surface area contributed by atoms with Crippen molar-refractivity contribution < 1.29 is 8.42 Å². The van der Waals surface area contributed by atoms with Crippen molar-refractivity contribution in [3.8, 4) is 0 Å². The summed E-state index contributed by atoms with van der Waals surface area (Å²) in [4.78, 5) is 1.11. The molecule has 8 heteroatoms. The molecule has 102 valence electrons. The number of halogens is 3. The summed E-state index contributed by atoms with van der Waals surface area (Å²) in [7, 11) is -3.54. The Morgan fingerprint density at radius 1 is 1.21 bits per heavy atom. The van der Waals surface area contributed by atoms with Crippen LogP contribution in [0.1, 0.15) is 4.88 Å². The largest absolute Gasteiger partial charge is 0.240 e. The first-order chi connectivity index (χ1) is 8.88. The summed E-state index contributed by atoms with van der Waals surface area (Å²) >= 11 is 13.9. The summed E-state index contributed by atoms with van der Waals surface area (Å²) in [5.74, 6) is 0. The van der Waals surface area contributed by atoms with Crippen LogP contribution in [-0.2, 0) is 16.6 Å². The molecule has 1 aromatic carbocycles. The molecule has 0 atom stereocenters. The van der Waals surface area contributed by atoms with Crippen molar-refractivity contribution in [2.45, 2.75) is 11.4 Å². The Labute approximate surface area is 137 Å². The van der Waals surface area contributed by atoms with E-state index in [1.807, 2.05) is 12.1 Å². The molecule has 0 fully saturated rings. The summed E-state index contributed by atoms with van der Waals surface area (Å²) < 4.78 is 28.3. The molecule has 19 heavy (non-hydrogen) atoms. The molecule has 2 rings (SSSR count). The molecule has 0 aliphatic carbocycles. The SMILES string of the molecule is O=S(=O)(NCc1ccc(Br)s1)c1ccc(Cl)c(Br)c1. The Morgan fingerprint density at radius 2 is 1.95 bits per heavy atom. The first-order valence-electron chi connectivity index (χ1n) is 5.07. The third-order valence-corrected chi connectivity index (χ3v) is 6.50. The van der Waals surface area contributed by atoms with Crippen LogP contribution in [0.5, 0.6) is 0 Å². The van der Waals surface area contributed by atoms with Gasteiger partial charge in [0, 0.05) is 15.9 Å². The van der Waals surface area contributed by atoms with Gasteiger partial charge in [-0.15, -0.1) is 11.3 Å². The van der Waals surface area contributed by atoms with Gasteiger partial charge >= 0.3 is 0 Å². The molecule has 0 radical (unpaired) electrons. The number of hydrogen-bond donors (Lipinski definition) is 1. The van der Waals surface area contributed by atoms with Crippen LogP contribution in [0, 0.1) is 0 Å². The predicted molar refractivity (Wildman–Crippen MR) is 85.2 cm³/mol. The van der Waals surface area contributed by atoms with Crippen molar-refractivity contribution in [3.05, 3.63) is 48.5 Å². The Hall–Kier alpha value is 0.0800. The average Bonchev–Trinajstić information content (AvgIpc) is 2.76. The van der Waals surface area contributed by atoms with Gasteiger partial charge in [-0.1, -0.05) is 11.6 Å². The smallest absolute Gasteiger partial charge is 0.207 e. The van der Waals surface area contributed by atoms with E-state index >= 15 is 0 Å². The van der Waals surface area contributed by atoms with Crippen molar-refractivity contribution in [2.24, 2.45) is 0 Å². The molecule has 0 saturated carbocycles. The first-order valence-corrected chi connectivity index (χ1v) is 9.34. The van der Waals surface area contributed by atoms with Crippen LogP contribution in [-0.4, -0.2) is 8.42 Å². The fraction of sp³-hybridized carbons (Fsp3) is 0.0909. The molecule has 0 aliphatic rings. The zero-order valence-corrected chi connectivity index (χ0v) is 14.9. The van der Waals surface area contributed by atoms with Crippen LogP contribution in [0.2, 0.25) is 5.02 Å². The lowest BCUT2D eigenvalue weighted by molar-refractivity contribution is 0.582. The van der Waals surface area contributed by atoms with Crippen molar-refractivity contribution in [3.63, 3.8) is 0 Å². The average molecular weight is 446 g/mol. The van der Waals surface area contributed by atoms with Gasteiger partial charge in [0.1, 0.15) is 0 Å². The first kappa shape index (κ1) is 15.5. The third-order valence-electron chi connectivity index (χ3n) is 2.27. The Kier molecular flexibility index (Phi) is 5.08. The topological polar surface area (TPSA) is 46.2 Å². The molecular weight excluding hydrogens is 438 g/mol. The van der Waals surface area contributed by atoms with Crippen molar-refractivity contribution in [2.75, 3.05) is 0 Å². The molecule has 0 spiro atoms. The number of nitrogens with one attached hydrogen (secondary N) is 1. The Morgan fingerprint density at radius 3 is 2.53 bits per heavy atom. The minimum absolute atomic E-state index is 0.180. The molecule has 1 heterocycles. The number of sulfonamides is 1. The van der Waals surface area contributed by atoms with Crippen LogP contribution in [0.15, 0.2) is 43.5 Å². The van der Waals surface area contributed by atoms with Gasteiger partial charge in [0.25, 0.3) is 0 Å². The zero-order valence-electron chi connectivity index (χ0n) is 9.36. The number of rotatable bonds is 4. The van der Waals surface area contributed by atoms with Gasteiger partial charge < -0.3 is 0 Å². The summed E-state index contributed by atoms with van der Waals surface area (Å²) in [6.07, 6.45) is 0. The molecule has 3 nitrogen and oxygen atoms in total. The molecule has 2 aromatic rings. The van der Waals surface area contributed by atoms with Crippen LogP contribution >= 0.6 is 54.8 Å². The summed E-state index contributed by atoms with van der Waals surface area (Å²) in [5, 5.41) is 0.473. The highest BCUT2D eigenvalue weighted by Gasteiger charge is 2.15. The quantitative estimate of drug-likeness (QED) is 0.758. The number of thiophene rings is 1. The van der Waals surface area contributed by atoms with Gasteiger partial charge in [0.15, 0.2) is 0 Å². The van der Waals surface area contributed by atoms with Crippen LogP contribution < -0.4 is 4.72 Å². The monoisotopic (exact) mass is 443 g/mol. The molecule has 0 aliphatic heterocycles. The van der Waals surface area contributed by atoms with E-state index in [0.717, 1.165) is 8.66 Å². The lowest BCUT2D eigenvalue weighted by Gasteiger charge is -2.06. The van der Waals surface area contributed by atoms with E-state index in [0.29, 0.717) is 9.50 Å². The van der Waals surface area contributed by atoms with Crippen LogP contribution in [0.25, 0.3) is 0 Å². The third kappa shape index (κ3) is 4.03. The highest BCUT2D eigenvalue weighted by Crippen LogP contribution is 2.26. The molecule has 0 saturated heterocycles. The van der Waals surface area contributed by atoms with Crippen molar-refractivity contribution in [1.29, 1.82) is 0 Å². The summed E-state index contributed by atoms with van der Waals surface area (Å²) in [5.41, 5.74) is 0. The number of hydrogen-bond acceptors (Lipinski definition) is 3. The zero-order chi connectivity index (χ0) is 14.0. The molecule has 1 N–H and O–H groups in total. The van der Waals surface area contributed by atoms with E-state index in [2.05, 4.69) is 36.6 Å². The maximum absolute atomic E-state index is 12.1. The maximum Gasteiger partial charge on any atom is 0.240 e. The molecule has 0 amide bonds. The van der Waals surface area contributed by atoms with E-state index in [1.54, 1.807) is 6.07 Å². The molecular formula is C11H8Br2ClNO2S2. The van der Waals surface area contributed by atoms with E-state index in [4.69, 9.17) is 11.6 Å². The molecule has 0 unspecified atom stereocenters. The summed E-state index contributed by atoms with van der Waals surface area (Å²) in [6, 6.07) is 8.25. The fourth-order valence-electron chi connectivity index (χ4n) is 1.34. The lowest BCUT2D eigenvalue weighted by Crippen LogP contribution is -2.22. The minimum Gasteiger partial charge on any atom is -0.207 e. The standard InChI is InChI=1S/C11H8Br2ClNO2S2/c12-9-5-8(2-3-10(9)14)19(16,17)15-6-7-1-4-11(13)18-7/h1-5,15H,6H2. The van der Waals surface area contributed by atoms with Gasteiger partial charge in [-0.2, -0.15) is 0 Å². The minimum atomic E-state index is -3.54. The van der Waals surface area contributed by atoms with Gasteiger partial charge in [0.05, 0.1) is 13.7 Å². The second kappa shape index (κ2) is 6.24. The van der Waals surface area contributed by atoms with Gasteiger partial charge in [-0.3, -0.25) is 0 Å². The Balaban J connectivity index is 2.16. The number of benzene rings is 1. The van der Waals surface area contributed by atoms with Gasteiger partial charge in [-0.25, -0.2) is 13.1 Å². The van der Waals surface area contributed by atoms with E-state index in [-0.39, 0.29) is 11.4 Å². The molecule has 0 bridgehead atoms. The van der Waals surface area contributed by atoms with Crippen LogP contribution in [0.4, 0.5) is 0 Å². The van der Waals surface area contributed by atoms with Gasteiger partial charge in [0.2, 0.25) is 10.0 Å². The Bertz CT molecular complexity index is 700. The second-order valence-corrected chi connectivity index (χ2v) is 9.18. The van der Waals surface area contributed by atoms with Gasteiger partial charge in [-0.05, 0) is 62.2 Å². The molecule has 1 aromatic heterocycles. The van der Waals surface area contributed by atoms with Crippen molar-refractivity contribution in [1.82, 2.24) is 4.72 Å². The van der Waals surface area contributed by atoms with E-state index in [9.17, 15) is 8.42 Å². The fourth-order valence-corrected chi connectivity index (χ4v) is 4.53.